The molecule has 7 heteroatoms. The van der Waals surface area contributed by atoms with Crippen molar-refractivity contribution in [2.24, 2.45) is 0 Å². The van der Waals surface area contributed by atoms with Crippen LogP contribution in [-0.2, 0) is 0 Å². The quantitative estimate of drug-likeness (QED) is 0.735. The van der Waals surface area contributed by atoms with Crippen LogP contribution in [0.15, 0.2) is 36.4 Å². The van der Waals surface area contributed by atoms with Crippen molar-refractivity contribution in [3.8, 4) is 17.1 Å². The zero-order chi connectivity index (χ0) is 15.0. The molecule has 3 rings (SSSR count). The molecule has 0 aliphatic rings. The molecule has 0 amide bonds. The van der Waals surface area contributed by atoms with Gasteiger partial charge in [0.05, 0.1) is 5.69 Å². The summed E-state index contributed by atoms with van der Waals surface area (Å²) in [6, 6.07) is 8.20. The van der Waals surface area contributed by atoms with E-state index in [9.17, 15) is 8.78 Å². The van der Waals surface area contributed by atoms with E-state index >= 15 is 0 Å². The summed E-state index contributed by atoms with van der Waals surface area (Å²) in [5.74, 6) is -0.616. The number of tetrazole rings is 1. The fourth-order valence-corrected chi connectivity index (χ4v) is 2.05. The zero-order valence-electron chi connectivity index (χ0n) is 11.1. The van der Waals surface area contributed by atoms with Crippen LogP contribution in [0.1, 0.15) is 5.56 Å². The van der Waals surface area contributed by atoms with Crippen molar-refractivity contribution in [1.29, 1.82) is 0 Å². The first-order valence-corrected chi connectivity index (χ1v) is 6.16. The van der Waals surface area contributed by atoms with Crippen molar-refractivity contribution in [3.63, 3.8) is 0 Å². The molecule has 2 N–H and O–H groups in total. The minimum absolute atomic E-state index is 0.251. The topological polar surface area (TPSA) is 69.6 Å². The first-order chi connectivity index (χ1) is 10.1. The van der Waals surface area contributed by atoms with Gasteiger partial charge in [-0.3, -0.25) is 0 Å². The van der Waals surface area contributed by atoms with Crippen LogP contribution in [0, 0.1) is 18.6 Å². The summed E-state index contributed by atoms with van der Waals surface area (Å²) in [6.07, 6.45) is 0. The molecule has 0 aliphatic heterocycles. The van der Waals surface area contributed by atoms with E-state index < -0.39 is 11.6 Å². The lowest BCUT2D eigenvalue weighted by atomic mass is 10.1. The second-order valence-corrected chi connectivity index (χ2v) is 4.58. The van der Waals surface area contributed by atoms with E-state index in [0.29, 0.717) is 16.9 Å². The van der Waals surface area contributed by atoms with E-state index in [4.69, 9.17) is 5.73 Å². The van der Waals surface area contributed by atoms with Crippen molar-refractivity contribution < 1.29 is 8.78 Å². The van der Waals surface area contributed by atoms with Crippen LogP contribution in [0.2, 0.25) is 0 Å². The SMILES string of the molecule is Cc1ccc(F)cc1-n1nnnc1-c1cc(F)ccc1N. The number of nitrogen functional groups attached to an aromatic ring is 1. The Hall–Kier alpha value is -2.83. The Bertz CT molecular complexity index is 747. The van der Waals surface area contributed by atoms with Gasteiger partial charge in [-0.15, -0.1) is 5.10 Å². The highest BCUT2D eigenvalue weighted by Gasteiger charge is 2.16. The van der Waals surface area contributed by atoms with E-state index in [0.717, 1.165) is 5.56 Å². The third-order valence-electron chi connectivity index (χ3n) is 3.13. The third-order valence-corrected chi connectivity index (χ3v) is 3.13. The van der Waals surface area contributed by atoms with Crippen molar-refractivity contribution in [3.05, 3.63) is 53.6 Å². The molecule has 5 nitrogen and oxygen atoms in total. The molecule has 0 aliphatic carbocycles. The normalized spacial score (nSPS) is 10.8. The van der Waals surface area contributed by atoms with Crippen molar-refractivity contribution in [2.45, 2.75) is 6.92 Å². The van der Waals surface area contributed by atoms with Crippen LogP contribution < -0.4 is 5.73 Å². The molecule has 1 heterocycles. The van der Waals surface area contributed by atoms with Crippen LogP contribution in [0.4, 0.5) is 14.5 Å². The Labute approximate surface area is 119 Å². The molecule has 0 fully saturated rings. The summed E-state index contributed by atoms with van der Waals surface area (Å²) < 4.78 is 28.2. The summed E-state index contributed by atoms with van der Waals surface area (Å²) in [6.45, 7) is 1.80. The Balaban J connectivity index is 2.22. The van der Waals surface area contributed by atoms with E-state index in [1.807, 2.05) is 0 Å². The van der Waals surface area contributed by atoms with Gasteiger partial charge in [-0.1, -0.05) is 6.07 Å². The Morgan fingerprint density at radius 1 is 1.05 bits per heavy atom. The van der Waals surface area contributed by atoms with Gasteiger partial charge in [-0.2, -0.15) is 4.68 Å². The fourth-order valence-electron chi connectivity index (χ4n) is 2.05. The maximum atomic E-state index is 13.5. The highest BCUT2D eigenvalue weighted by atomic mass is 19.1. The van der Waals surface area contributed by atoms with Crippen molar-refractivity contribution in [1.82, 2.24) is 20.2 Å². The molecule has 0 saturated carbocycles. The lowest BCUT2D eigenvalue weighted by molar-refractivity contribution is 0.623. The van der Waals surface area contributed by atoms with Crippen molar-refractivity contribution in [2.75, 3.05) is 5.73 Å². The second-order valence-electron chi connectivity index (χ2n) is 4.58. The standard InChI is InChI=1S/C14H11F2N5/c1-8-2-3-10(16)7-13(8)21-14(18-19-20-21)11-6-9(15)4-5-12(11)17/h2-7H,17H2,1H3. The highest BCUT2D eigenvalue weighted by molar-refractivity contribution is 5.72. The predicted molar refractivity (Wildman–Crippen MR) is 73.7 cm³/mol. The summed E-state index contributed by atoms with van der Waals surface area (Å²) in [4.78, 5) is 0. The molecule has 0 unspecified atom stereocenters. The summed E-state index contributed by atoms with van der Waals surface area (Å²) >= 11 is 0. The number of anilines is 1. The molecule has 0 atom stereocenters. The summed E-state index contributed by atoms with van der Waals surface area (Å²) in [7, 11) is 0. The number of halogens is 2. The maximum Gasteiger partial charge on any atom is 0.189 e. The molecule has 0 saturated heterocycles. The molecule has 106 valence electrons. The van der Waals surface area contributed by atoms with E-state index in [2.05, 4.69) is 15.5 Å². The number of nitrogens with zero attached hydrogens (tertiary/aromatic N) is 4. The van der Waals surface area contributed by atoms with Gasteiger partial charge in [0.1, 0.15) is 11.6 Å². The van der Waals surface area contributed by atoms with Gasteiger partial charge >= 0.3 is 0 Å². The molecule has 21 heavy (non-hydrogen) atoms. The minimum Gasteiger partial charge on any atom is -0.398 e. The van der Waals surface area contributed by atoms with Gasteiger partial charge in [0, 0.05) is 11.3 Å². The number of benzene rings is 2. The zero-order valence-corrected chi connectivity index (χ0v) is 11.1. The number of rotatable bonds is 2. The van der Waals surface area contributed by atoms with Crippen LogP contribution in [0.25, 0.3) is 17.1 Å². The summed E-state index contributed by atoms with van der Waals surface area (Å²) in [5, 5.41) is 11.3. The van der Waals surface area contributed by atoms with Gasteiger partial charge in [0.25, 0.3) is 0 Å². The van der Waals surface area contributed by atoms with Crippen LogP contribution in [-0.4, -0.2) is 20.2 Å². The van der Waals surface area contributed by atoms with Crippen LogP contribution in [0.5, 0.6) is 0 Å². The monoisotopic (exact) mass is 287 g/mol. The largest absolute Gasteiger partial charge is 0.398 e. The Morgan fingerprint density at radius 3 is 2.57 bits per heavy atom. The van der Waals surface area contributed by atoms with Gasteiger partial charge in [0.15, 0.2) is 5.82 Å². The molecule has 1 aromatic heterocycles. The smallest absolute Gasteiger partial charge is 0.189 e. The maximum absolute atomic E-state index is 13.5. The Morgan fingerprint density at radius 2 is 1.76 bits per heavy atom. The van der Waals surface area contributed by atoms with Gasteiger partial charge in [-0.05, 0) is 53.2 Å². The first-order valence-electron chi connectivity index (χ1n) is 6.16. The average molecular weight is 287 g/mol. The van der Waals surface area contributed by atoms with Gasteiger partial charge in [-0.25, -0.2) is 8.78 Å². The molecule has 0 radical (unpaired) electrons. The number of aromatic nitrogens is 4. The second kappa shape index (κ2) is 4.93. The Kier molecular flexibility index (Phi) is 3.09. The molecule has 0 bridgehead atoms. The lowest BCUT2D eigenvalue weighted by Crippen LogP contribution is -2.04. The van der Waals surface area contributed by atoms with Crippen LogP contribution >= 0.6 is 0 Å². The highest BCUT2D eigenvalue weighted by Crippen LogP contribution is 2.27. The molecular weight excluding hydrogens is 276 g/mol. The molecule has 2 aromatic carbocycles. The number of hydrogen-bond donors (Lipinski definition) is 1. The summed E-state index contributed by atoms with van der Waals surface area (Å²) in [5.41, 5.74) is 7.78. The minimum atomic E-state index is -0.454. The number of hydrogen-bond acceptors (Lipinski definition) is 4. The van der Waals surface area contributed by atoms with E-state index in [1.54, 1.807) is 13.0 Å². The molecule has 3 aromatic rings. The van der Waals surface area contributed by atoms with E-state index in [1.165, 1.54) is 35.0 Å². The van der Waals surface area contributed by atoms with Crippen molar-refractivity contribution >= 4 is 5.69 Å². The van der Waals surface area contributed by atoms with Crippen LogP contribution in [0.3, 0.4) is 0 Å². The van der Waals surface area contributed by atoms with Gasteiger partial charge < -0.3 is 5.73 Å². The average Bonchev–Trinajstić information content (AvgIpc) is 2.93. The fraction of sp³-hybridized carbons (Fsp3) is 0.0714. The number of aryl methyl sites for hydroxylation is 1. The van der Waals surface area contributed by atoms with Gasteiger partial charge in [0.2, 0.25) is 0 Å². The lowest BCUT2D eigenvalue weighted by Gasteiger charge is -2.09. The predicted octanol–water partition coefficient (Wildman–Crippen LogP) is 2.50. The van der Waals surface area contributed by atoms with E-state index in [-0.39, 0.29) is 5.82 Å². The first kappa shape index (κ1) is 13.2. The molecular formula is C14H11F2N5. The number of nitrogens with two attached hydrogens (primary N) is 1. The molecule has 0 spiro atoms. The third kappa shape index (κ3) is 2.33.